The molecular formula is C27H21N. The number of benzene rings is 3. The first-order valence-corrected chi connectivity index (χ1v) is 9.63. The fourth-order valence-corrected chi connectivity index (χ4v) is 4.30. The van der Waals surface area contributed by atoms with Gasteiger partial charge in [-0.3, -0.25) is 0 Å². The van der Waals surface area contributed by atoms with Gasteiger partial charge in [0.1, 0.15) is 0 Å². The molecule has 0 aliphatic heterocycles. The fourth-order valence-electron chi connectivity index (χ4n) is 4.30. The van der Waals surface area contributed by atoms with Crippen LogP contribution in [-0.2, 0) is 5.41 Å². The van der Waals surface area contributed by atoms with Gasteiger partial charge in [-0.25, -0.2) is 0 Å². The lowest BCUT2D eigenvalue weighted by Gasteiger charge is -2.22. The molecule has 0 amide bonds. The molecule has 0 saturated heterocycles. The predicted molar refractivity (Wildman–Crippen MR) is 117 cm³/mol. The van der Waals surface area contributed by atoms with Gasteiger partial charge in [0.25, 0.3) is 0 Å². The molecule has 0 unspecified atom stereocenters. The number of hydrogen-bond acceptors (Lipinski definition) is 1. The van der Waals surface area contributed by atoms with Crippen molar-refractivity contribution >= 4 is 11.4 Å². The van der Waals surface area contributed by atoms with Crippen LogP contribution in [0, 0.1) is 12.1 Å². The molecule has 5 rings (SSSR count). The summed E-state index contributed by atoms with van der Waals surface area (Å²) in [6.45, 7) is 4.62. The maximum absolute atomic E-state index is 3.64. The van der Waals surface area contributed by atoms with E-state index in [0.29, 0.717) is 0 Å². The molecule has 134 valence electrons. The molecule has 1 aliphatic rings. The molecular weight excluding hydrogens is 338 g/mol. The normalized spacial score (nSPS) is 13.4. The van der Waals surface area contributed by atoms with Crippen molar-refractivity contribution in [2.75, 3.05) is 5.32 Å². The van der Waals surface area contributed by atoms with E-state index >= 15 is 0 Å². The maximum atomic E-state index is 3.64. The Hall–Kier alpha value is -3.50. The van der Waals surface area contributed by atoms with E-state index in [-0.39, 0.29) is 5.41 Å². The summed E-state index contributed by atoms with van der Waals surface area (Å²) >= 11 is 0. The first kappa shape index (κ1) is 16.7. The molecule has 0 radical (unpaired) electrons. The van der Waals surface area contributed by atoms with E-state index in [9.17, 15) is 0 Å². The Bertz CT molecular complexity index is 1160. The minimum Gasteiger partial charge on any atom is -0.355 e. The second kappa shape index (κ2) is 6.29. The van der Waals surface area contributed by atoms with Crippen molar-refractivity contribution in [1.82, 2.24) is 0 Å². The van der Waals surface area contributed by atoms with Gasteiger partial charge in [-0.2, -0.15) is 0 Å². The zero-order valence-electron chi connectivity index (χ0n) is 16.1. The van der Waals surface area contributed by atoms with Crippen molar-refractivity contribution in [1.29, 1.82) is 0 Å². The van der Waals surface area contributed by atoms with Crippen LogP contribution in [0.4, 0.5) is 11.4 Å². The zero-order chi connectivity index (χ0) is 19.1. The maximum Gasteiger partial charge on any atom is 0.0464 e. The molecule has 4 aromatic carbocycles. The molecule has 0 saturated carbocycles. The van der Waals surface area contributed by atoms with Gasteiger partial charge < -0.3 is 5.32 Å². The Balaban J connectivity index is 1.56. The number of nitrogens with one attached hydrogen (secondary N) is 1. The minimum atomic E-state index is 0.00730. The molecule has 1 aliphatic carbocycles. The first-order valence-electron chi connectivity index (χ1n) is 9.63. The number of para-hydroxylation sites is 1. The van der Waals surface area contributed by atoms with Gasteiger partial charge in [0.2, 0.25) is 0 Å². The predicted octanol–water partition coefficient (Wildman–Crippen LogP) is 7.00. The summed E-state index contributed by atoms with van der Waals surface area (Å²) in [5, 5.41) is 3.64. The largest absolute Gasteiger partial charge is 0.355 e. The molecule has 1 nitrogen and oxygen atoms in total. The second-order valence-electron chi connectivity index (χ2n) is 7.82. The van der Waals surface area contributed by atoms with E-state index < -0.39 is 0 Å². The van der Waals surface area contributed by atoms with Crippen molar-refractivity contribution in [2.24, 2.45) is 0 Å². The highest BCUT2D eigenvalue weighted by Crippen LogP contribution is 2.49. The highest BCUT2D eigenvalue weighted by atomic mass is 14.9. The van der Waals surface area contributed by atoms with Crippen molar-refractivity contribution in [3.05, 3.63) is 108 Å². The van der Waals surface area contributed by atoms with E-state index in [1.54, 1.807) is 0 Å². The van der Waals surface area contributed by atoms with E-state index in [4.69, 9.17) is 0 Å². The van der Waals surface area contributed by atoms with Crippen LogP contribution >= 0.6 is 0 Å². The number of anilines is 2. The van der Waals surface area contributed by atoms with Crippen LogP contribution in [0.2, 0.25) is 0 Å². The number of hydrogen-bond donors (Lipinski definition) is 1. The Labute approximate surface area is 166 Å². The van der Waals surface area contributed by atoms with Crippen LogP contribution in [0.15, 0.2) is 84.9 Å². The lowest BCUT2D eigenvalue weighted by atomic mass is 9.82. The van der Waals surface area contributed by atoms with E-state index in [1.807, 2.05) is 12.1 Å². The SMILES string of the molecule is CC1(C)c2ccccc2-c2ccc(Nc3ccccc3-c3cc#ccc3)cc21. The summed E-state index contributed by atoms with van der Waals surface area (Å²) in [5.41, 5.74) is 9.98. The molecule has 0 aromatic heterocycles. The Morgan fingerprint density at radius 1 is 0.714 bits per heavy atom. The summed E-state index contributed by atoms with van der Waals surface area (Å²) in [6.07, 6.45) is 0. The summed E-state index contributed by atoms with van der Waals surface area (Å²) in [7, 11) is 0. The molecule has 0 spiro atoms. The second-order valence-corrected chi connectivity index (χ2v) is 7.82. The van der Waals surface area contributed by atoms with Crippen LogP contribution in [0.3, 0.4) is 0 Å². The van der Waals surface area contributed by atoms with Crippen molar-refractivity contribution < 1.29 is 0 Å². The first-order chi connectivity index (χ1) is 13.6. The van der Waals surface area contributed by atoms with Gasteiger partial charge in [0, 0.05) is 22.4 Å². The van der Waals surface area contributed by atoms with Gasteiger partial charge in [-0.15, -0.1) is 0 Å². The lowest BCUT2D eigenvalue weighted by Crippen LogP contribution is -2.15. The summed E-state index contributed by atoms with van der Waals surface area (Å²) in [5.74, 6) is 0. The van der Waals surface area contributed by atoms with Crippen LogP contribution in [0.5, 0.6) is 0 Å². The molecule has 0 bridgehead atoms. The van der Waals surface area contributed by atoms with Crippen LogP contribution in [0.1, 0.15) is 25.0 Å². The molecule has 4 aromatic rings. The lowest BCUT2D eigenvalue weighted by molar-refractivity contribution is 0.660. The molecule has 28 heavy (non-hydrogen) atoms. The Morgan fingerprint density at radius 2 is 1.46 bits per heavy atom. The topological polar surface area (TPSA) is 12.0 Å². The minimum absolute atomic E-state index is 0.00730. The van der Waals surface area contributed by atoms with Gasteiger partial charge >= 0.3 is 0 Å². The quantitative estimate of drug-likeness (QED) is 0.415. The highest BCUT2D eigenvalue weighted by molar-refractivity contribution is 5.85. The van der Waals surface area contributed by atoms with Crippen LogP contribution in [-0.4, -0.2) is 0 Å². The molecule has 1 heteroatoms. The van der Waals surface area contributed by atoms with Crippen molar-refractivity contribution in [2.45, 2.75) is 19.3 Å². The third kappa shape index (κ3) is 2.58. The molecule has 1 N–H and O–H groups in total. The monoisotopic (exact) mass is 359 g/mol. The standard InChI is InChI=1S/C27H21N/c1-27(2)24-14-8-6-13-22(24)23-17-16-20(18-25(23)27)28-26-15-9-7-12-21(26)19-10-4-3-5-11-19/h4,6-18,28H,1-2H3. The van der Waals surface area contributed by atoms with Crippen molar-refractivity contribution in [3.63, 3.8) is 0 Å². The van der Waals surface area contributed by atoms with Gasteiger partial charge in [-0.05, 0) is 64.2 Å². The highest BCUT2D eigenvalue weighted by Gasteiger charge is 2.35. The van der Waals surface area contributed by atoms with Gasteiger partial charge in [0.15, 0.2) is 0 Å². The Kier molecular flexibility index (Phi) is 3.74. The number of rotatable bonds is 3. The summed E-state index contributed by atoms with van der Waals surface area (Å²) < 4.78 is 0. The molecule has 0 atom stereocenters. The van der Waals surface area contributed by atoms with Gasteiger partial charge in [-0.1, -0.05) is 74.5 Å². The zero-order valence-corrected chi connectivity index (χ0v) is 16.1. The van der Waals surface area contributed by atoms with Gasteiger partial charge in [0.05, 0.1) is 0 Å². The van der Waals surface area contributed by atoms with E-state index in [1.165, 1.54) is 22.3 Å². The average Bonchev–Trinajstić information content (AvgIpc) is 2.96. The Morgan fingerprint density at radius 3 is 2.29 bits per heavy atom. The van der Waals surface area contributed by atoms with Crippen molar-refractivity contribution in [3.8, 4) is 22.3 Å². The van der Waals surface area contributed by atoms with Crippen LogP contribution in [0.25, 0.3) is 22.3 Å². The average molecular weight is 359 g/mol. The fraction of sp³-hybridized carbons (Fsp3) is 0.111. The number of fused-ring (bicyclic) bond motifs is 3. The molecule has 0 fully saturated rings. The third-order valence-electron chi connectivity index (χ3n) is 5.76. The summed E-state index contributed by atoms with van der Waals surface area (Å²) in [6, 6.07) is 35.8. The summed E-state index contributed by atoms with van der Waals surface area (Å²) in [4.78, 5) is 0. The smallest absolute Gasteiger partial charge is 0.0464 e. The van der Waals surface area contributed by atoms with E-state index in [2.05, 4.69) is 104 Å². The third-order valence-corrected chi connectivity index (χ3v) is 5.76. The van der Waals surface area contributed by atoms with Crippen LogP contribution < -0.4 is 5.32 Å². The van der Waals surface area contributed by atoms with E-state index in [0.717, 1.165) is 22.5 Å². The molecule has 0 heterocycles.